The summed E-state index contributed by atoms with van der Waals surface area (Å²) in [6, 6.07) is 11.6. The molecule has 1 atom stereocenters. The Morgan fingerprint density at radius 2 is 1.68 bits per heavy atom. The van der Waals surface area contributed by atoms with Crippen molar-refractivity contribution in [3.05, 3.63) is 63.4 Å². The molecule has 0 amide bonds. The molecule has 0 radical (unpaired) electrons. The third-order valence-electron chi connectivity index (χ3n) is 3.05. The highest BCUT2D eigenvalue weighted by molar-refractivity contribution is 9.10. The van der Waals surface area contributed by atoms with Gasteiger partial charge in [-0.3, -0.25) is 0 Å². The van der Waals surface area contributed by atoms with Crippen LogP contribution < -0.4 is 5.32 Å². The molecule has 2 aromatic rings. The van der Waals surface area contributed by atoms with Gasteiger partial charge in [0.25, 0.3) is 0 Å². The standard InChI is InChI=1S/C16H17BrFN/c1-10-6-11(2)8-14(7-10)19-12(3)13-4-5-16(18)15(17)9-13/h4-9,12,19H,1-3H3. The molecule has 0 aliphatic heterocycles. The lowest BCUT2D eigenvalue weighted by atomic mass is 10.1. The fraction of sp³-hybridized carbons (Fsp3) is 0.250. The minimum absolute atomic E-state index is 0.123. The molecular formula is C16H17BrFN. The summed E-state index contributed by atoms with van der Waals surface area (Å²) in [7, 11) is 0. The van der Waals surface area contributed by atoms with E-state index in [1.165, 1.54) is 17.2 Å². The van der Waals surface area contributed by atoms with Crippen LogP contribution in [0.1, 0.15) is 29.7 Å². The molecule has 0 spiro atoms. The summed E-state index contributed by atoms with van der Waals surface area (Å²) in [6.45, 7) is 6.23. The SMILES string of the molecule is Cc1cc(C)cc(NC(C)c2ccc(F)c(Br)c2)c1. The van der Waals surface area contributed by atoms with Gasteiger partial charge in [0.1, 0.15) is 5.82 Å². The summed E-state index contributed by atoms with van der Waals surface area (Å²) < 4.78 is 13.7. The molecule has 1 N–H and O–H groups in total. The van der Waals surface area contributed by atoms with Gasteiger partial charge in [0.05, 0.1) is 4.47 Å². The zero-order valence-electron chi connectivity index (χ0n) is 11.3. The average Bonchev–Trinajstić information content (AvgIpc) is 2.31. The van der Waals surface area contributed by atoms with Crippen molar-refractivity contribution >= 4 is 21.6 Å². The number of nitrogens with one attached hydrogen (secondary N) is 1. The minimum Gasteiger partial charge on any atom is -0.379 e. The largest absolute Gasteiger partial charge is 0.379 e. The summed E-state index contributed by atoms with van der Waals surface area (Å²) in [5, 5.41) is 3.44. The predicted octanol–water partition coefficient (Wildman–Crippen LogP) is 5.38. The molecule has 2 aromatic carbocycles. The van der Waals surface area contributed by atoms with Gasteiger partial charge in [-0.1, -0.05) is 12.1 Å². The molecule has 0 aliphatic rings. The van der Waals surface area contributed by atoms with Gasteiger partial charge in [0.15, 0.2) is 0 Å². The van der Waals surface area contributed by atoms with Crippen molar-refractivity contribution < 1.29 is 4.39 Å². The summed E-state index contributed by atoms with van der Waals surface area (Å²) in [5.74, 6) is -0.234. The third-order valence-corrected chi connectivity index (χ3v) is 3.66. The van der Waals surface area contributed by atoms with Crippen LogP contribution in [0, 0.1) is 19.7 Å². The Morgan fingerprint density at radius 3 is 2.26 bits per heavy atom. The lowest BCUT2D eigenvalue weighted by Crippen LogP contribution is -2.07. The maximum atomic E-state index is 13.2. The summed E-state index contributed by atoms with van der Waals surface area (Å²) >= 11 is 3.22. The second kappa shape index (κ2) is 5.74. The van der Waals surface area contributed by atoms with E-state index in [2.05, 4.69) is 60.2 Å². The molecule has 0 aliphatic carbocycles. The highest BCUT2D eigenvalue weighted by atomic mass is 79.9. The molecule has 3 heteroatoms. The zero-order valence-corrected chi connectivity index (χ0v) is 12.9. The van der Waals surface area contributed by atoms with E-state index in [1.807, 2.05) is 6.07 Å². The molecule has 0 aromatic heterocycles. The van der Waals surface area contributed by atoms with Gasteiger partial charge in [-0.05, 0) is 77.7 Å². The highest BCUT2D eigenvalue weighted by Gasteiger charge is 2.08. The van der Waals surface area contributed by atoms with Crippen LogP contribution in [0.5, 0.6) is 0 Å². The van der Waals surface area contributed by atoms with Gasteiger partial charge in [0.2, 0.25) is 0 Å². The van der Waals surface area contributed by atoms with E-state index in [0.29, 0.717) is 4.47 Å². The van der Waals surface area contributed by atoms with E-state index in [4.69, 9.17) is 0 Å². The molecular weight excluding hydrogens is 305 g/mol. The Kier molecular flexibility index (Phi) is 4.25. The van der Waals surface area contributed by atoms with Crippen LogP contribution in [0.3, 0.4) is 0 Å². The topological polar surface area (TPSA) is 12.0 Å². The van der Waals surface area contributed by atoms with Crippen LogP contribution in [0.2, 0.25) is 0 Å². The molecule has 19 heavy (non-hydrogen) atoms. The van der Waals surface area contributed by atoms with E-state index in [9.17, 15) is 4.39 Å². The van der Waals surface area contributed by atoms with E-state index in [1.54, 1.807) is 6.07 Å². The van der Waals surface area contributed by atoms with E-state index in [-0.39, 0.29) is 11.9 Å². The number of halogens is 2. The first-order chi connectivity index (χ1) is 8.95. The smallest absolute Gasteiger partial charge is 0.137 e. The maximum absolute atomic E-state index is 13.2. The predicted molar refractivity (Wildman–Crippen MR) is 82.1 cm³/mol. The monoisotopic (exact) mass is 321 g/mol. The molecule has 0 saturated heterocycles. The molecule has 100 valence electrons. The summed E-state index contributed by atoms with van der Waals surface area (Å²) in [5.41, 5.74) is 4.60. The second-order valence-corrected chi connectivity index (χ2v) is 5.77. The Hall–Kier alpha value is -1.35. The Morgan fingerprint density at radius 1 is 1.05 bits per heavy atom. The number of hydrogen-bond donors (Lipinski definition) is 1. The molecule has 1 nitrogen and oxygen atoms in total. The van der Waals surface area contributed by atoms with Crippen molar-refractivity contribution in [2.75, 3.05) is 5.32 Å². The minimum atomic E-state index is -0.234. The molecule has 0 saturated carbocycles. The van der Waals surface area contributed by atoms with Crippen LogP contribution in [0.15, 0.2) is 40.9 Å². The van der Waals surface area contributed by atoms with Crippen molar-refractivity contribution in [3.63, 3.8) is 0 Å². The molecule has 1 unspecified atom stereocenters. The average molecular weight is 322 g/mol. The molecule has 2 rings (SSSR count). The van der Waals surface area contributed by atoms with Gasteiger partial charge >= 0.3 is 0 Å². The van der Waals surface area contributed by atoms with Gasteiger partial charge in [-0.2, -0.15) is 0 Å². The number of rotatable bonds is 3. The van der Waals surface area contributed by atoms with Crippen LogP contribution in [0.25, 0.3) is 0 Å². The van der Waals surface area contributed by atoms with Crippen LogP contribution in [-0.2, 0) is 0 Å². The number of benzene rings is 2. The van der Waals surface area contributed by atoms with Crippen molar-refractivity contribution in [3.8, 4) is 0 Å². The number of anilines is 1. The van der Waals surface area contributed by atoms with Crippen molar-refractivity contribution in [2.45, 2.75) is 26.8 Å². The van der Waals surface area contributed by atoms with Gasteiger partial charge in [0, 0.05) is 11.7 Å². The van der Waals surface area contributed by atoms with E-state index < -0.39 is 0 Å². The Bertz CT molecular complexity index is 575. The lowest BCUT2D eigenvalue weighted by Gasteiger charge is -2.17. The second-order valence-electron chi connectivity index (χ2n) is 4.92. The normalized spacial score (nSPS) is 12.3. The van der Waals surface area contributed by atoms with Crippen molar-refractivity contribution in [1.82, 2.24) is 0 Å². The molecule has 0 fully saturated rings. The molecule has 0 bridgehead atoms. The lowest BCUT2D eigenvalue weighted by molar-refractivity contribution is 0.619. The van der Waals surface area contributed by atoms with Gasteiger partial charge in [-0.25, -0.2) is 4.39 Å². The Labute approximate surface area is 122 Å². The maximum Gasteiger partial charge on any atom is 0.137 e. The Balaban J connectivity index is 2.20. The first-order valence-corrected chi connectivity index (χ1v) is 7.05. The van der Waals surface area contributed by atoms with Crippen LogP contribution in [0.4, 0.5) is 10.1 Å². The van der Waals surface area contributed by atoms with Crippen LogP contribution >= 0.6 is 15.9 Å². The molecule has 0 heterocycles. The first-order valence-electron chi connectivity index (χ1n) is 6.25. The summed E-state index contributed by atoms with van der Waals surface area (Å²) in [4.78, 5) is 0. The van der Waals surface area contributed by atoms with E-state index >= 15 is 0 Å². The zero-order chi connectivity index (χ0) is 14.0. The van der Waals surface area contributed by atoms with Crippen molar-refractivity contribution in [1.29, 1.82) is 0 Å². The van der Waals surface area contributed by atoms with Crippen LogP contribution in [-0.4, -0.2) is 0 Å². The first kappa shape index (κ1) is 14.1. The van der Waals surface area contributed by atoms with Gasteiger partial charge in [-0.15, -0.1) is 0 Å². The summed E-state index contributed by atoms with van der Waals surface area (Å²) in [6.07, 6.45) is 0. The van der Waals surface area contributed by atoms with E-state index in [0.717, 1.165) is 11.3 Å². The van der Waals surface area contributed by atoms with Crippen molar-refractivity contribution in [2.24, 2.45) is 0 Å². The number of aryl methyl sites for hydroxylation is 2. The number of hydrogen-bond acceptors (Lipinski definition) is 1. The highest BCUT2D eigenvalue weighted by Crippen LogP contribution is 2.25. The quantitative estimate of drug-likeness (QED) is 0.800. The fourth-order valence-corrected chi connectivity index (χ4v) is 2.57. The fourth-order valence-electron chi connectivity index (χ4n) is 2.17. The van der Waals surface area contributed by atoms with Gasteiger partial charge < -0.3 is 5.32 Å². The third kappa shape index (κ3) is 3.57.